The van der Waals surface area contributed by atoms with Gasteiger partial charge in [0.05, 0.1) is 6.61 Å². The van der Waals surface area contributed by atoms with E-state index in [9.17, 15) is 4.79 Å². The Kier molecular flexibility index (Phi) is 5.43. The predicted molar refractivity (Wildman–Crippen MR) is 98.3 cm³/mol. The average Bonchev–Trinajstić information content (AvgIpc) is 2.61. The van der Waals surface area contributed by atoms with Crippen LogP contribution in [0.3, 0.4) is 0 Å². The molecule has 1 heterocycles. The number of hydrogen-bond donors (Lipinski definition) is 1. The molecule has 3 rings (SSSR count). The molecule has 0 spiro atoms. The van der Waals surface area contributed by atoms with Crippen molar-refractivity contribution in [1.29, 1.82) is 0 Å². The van der Waals surface area contributed by atoms with E-state index in [0.29, 0.717) is 18.7 Å². The lowest BCUT2D eigenvalue weighted by Crippen LogP contribution is -2.25. The van der Waals surface area contributed by atoms with Crippen molar-refractivity contribution in [3.63, 3.8) is 0 Å². The third-order valence-electron chi connectivity index (χ3n) is 3.55. The molecule has 5 heteroatoms. The third kappa shape index (κ3) is 4.11. The van der Waals surface area contributed by atoms with Gasteiger partial charge in [0.1, 0.15) is 11.3 Å². The number of hydrogen-bond acceptors (Lipinski definition) is 3. The molecule has 0 aliphatic rings. The Labute approximate surface area is 149 Å². The number of carbonyl (C=O) groups excluding carboxylic acids is 1. The van der Waals surface area contributed by atoms with Crippen molar-refractivity contribution >= 4 is 32.7 Å². The fourth-order valence-corrected chi connectivity index (χ4v) is 2.78. The molecule has 0 bridgehead atoms. The number of halogens is 1. The molecule has 0 saturated heterocycles. The normalized spacial score (nSPS) is 10.5. The molecule has 0 unspecified atom stereocenters. The van der Waals surface area contributed by atoms with Gasteiger partial charge in [-0.15, -0.1) is 0 Å². The Bertz CT molecular complexity index is 846. The summed E-state index contributed by atoms with van der Waals surface area (Å²) in [5.41, 5.74) is 1.50. The maximum atomic E-state index is 12.0. The van der Waals surface area contributed by atoms with E-state index in [1.165, 1.54) is 0 Å². The maximum Gasteiger partial charge on any atom is 0.251 e. The molecule has 0 aliphatic heterocycles. The summed E-state index contributed by atoms with van der Waals surface area (Å²) in [5, 5.41) is 3.95. The number of fused-ring (bicyclic) bond motifs is 1. The number of nitrogens with zero attached hydrogens (tertiary/aromatic N) is 1. The molecule has 0 saturated carbocycles. The van der Waals surface area contributed by atoms with E-state index in [1.54, 1.807) is 18.3 Å². The number of benzene rings is 2. The summed E-state index contributed by atoms with van der Waals surface area (Å²) in [6, 6.07) is 17.1. The van der Waals surface area contributed by atoms with E-state index in [2.05, 4.69) is 26.2 Å². The van der Waals surface area contributed by atoms with Gasteiger partial charge < -0.3 is 10.1 Å². The fourth-order valence-electron chi connectivity index (χ4n) is 2.38. The van der Waals surface area contributed by atoms with E-state index < -0.39 is 0 Å². The minimum Gasteiger partial charge on any atom is -0.491 e. The van der Waals surface area contributed by atoms with Crippen LogP contribution < -0.4 is 10.1 Å². The smallest absolute Gasteiger partial charge is 0.251 e. The molecule has 3 aromatic rings. The number of pyridine rings is 1. The van der Waals surface area contributed by atoms with Crippen molar-refractivity contribution in [3.05, 3.63) is 70.8 Å². The molecule has 122 valence electrons. The Morgan fingerprint density at radius 2 is 1.96 bits per heavy atom. The zero-order valence-electron chi connectivity index (χ0n) is 13.0. The van der Waals surface area contributed by atoms with E-state index in [1.807, 2.05) is 42.5 Å². The zero-order valence-corrected chi connectivity index (χ0v) is 14.6. The highest BCUT2D eigenvalue weighted by Gasteiger charge is 2.05. The van der Waals surface area contributed by atoms with Gasteiger partial charge in [0.25, 0.3) is 5.91 Å². The van der Waals surface area contributed by atoms with Crippen molar-refractivity contribution in [1.82, 2.24) is 10.3 Å². The highest BCUT2D eigenvalue weighted by atomic mass is 79.9. The van der Waals surface area contributed by atoms with Gasteiger partial charge >= 0.3 is 0 Å². The second-order valence-electron chi connectivity index (χ2n) is 5.30. The zero-order chi connectivity index (χ0) is 16.8. The van der Waals surface area contributed by atoms with Crippen LogP contribution in [0.15, 0.2) is 65.3 Å². The molecule has 4 nitrogen and oxygen atoms in total. The van der Waals surface area contributed by atoms with Crippen LogP contribution in [-0.2, 0) is 0 Å². The second kappa shape index (κ2) is 7.93. The van der Waals surface area contributed by atoms with Crippen molar-refractivity contribution < 1.29 is 9.53 Å². The van der Waals surface area contributed by atoms with Crippen LogP contribution in [0.4, 0.5) is 0 Å². The summed E-state index contributed by atoms with van der Waals surface area (Å²) >= 11 is 3.36. The van der Waals surface area contributed by atoms with E-state index >= 15 is 0 Å². The number of aromatic nitrogens is 1. The van der Waals surface area contributed by atoms with Crippen molar-refractivity contribution in [2.45, 2.75) is 6.42 Å². The summed E-state index contributed by atoms with van der Waals surface area (Å²) in [6.45, 7) is 1.08. The number of amides is 1. The molecule has 1 amide bonds. The Balaban J connectivity index is 1.48. The number of nitrogens with one attached hydrogen (secondary N) is 1. The summed E-state index contributed by atoms with van der Waals surface area (Å²) in [5.74, 6) is 0.689. The Hall–Kier alpha value is -2.40. The van der Waals surface area contributed by atoms with Crippen molar-refractivity contribution in [3.8, 4) is 5.75 Å². The third-order valence-corrected chi connectivity index (χ3v) is 4.04. The van der Waals surface area contributed by atoms with Crippen molar-refractivity contribution in [2.75, 3.05) is 13.2 Å². The second-order valence-corrected chi connectivity index (χ2v) is 6.22. The van der Waals surface area contributed by atoms with Gasteiger partial charge in [-0.05, 0) is 36.8 Å². The highest BCUT2D eigenvalue weighted by Crippen LogP contribution is 2.22. The predicted octanol–water partition coefficient (Wildman–Crippen LogP) is 4.20. The summed E-state index contributed by atoms with van der Waals surface area (Å²) in [7, 11) is 0. The first-order chi connectivity index (χ1) is 11.7. The van der Waals surface area contributed by atoms with Gasteiger partial charge in [-0.3, -0.25) is 9.78 Å². The number of ether oxygens (including phenoxy) is 1. The minimum atomic E-state index is -0.0804. The quantitative estimate of drug-likeness (QED) is 0.648. The number of para-hydroxylation sites is 1. The van der Waals surface area contributed by atoms with Crippen LogP contribution in [-0.4, -0.2) is 24.0 Å². The molecule has 0 radical (unpaired) electrons. The molecule has 1 N–H and O–H groups in total. The SMILES string of the molecule is O=C(NCCCOc1cccc2cccnc12)c1cccc(Br)c1. The van der Waals surface area contributed by atoms with Gasteiger partial charge in [-0.25, -0.2) is 0 Å². The number of rotatable bonds is 6. The summed E-state index contributed by atoms with van der Waals surface area (Å²) in [6.07, 6.45) is 2.48. The summed E-state index contributed by atoms with van der Waals surface area (Å²) in [4.78, 5) is 16.4. The average molecular weight is 385 g/mol. The molecule has 0 fully saturated rings. The molecule has 1 aromatic heterocycles. The lowest BCUT2D eigenvalue weighted by atomic mass is 10.2. The maximum absolute atomic E-state index is 12.0. The molecule has 0 aliphatic carbocycles. The van der Waals surface area contributed by atoms with Gasteiger partial charge in [0.2, 0.25) is 0 Å². The topological polar surface area (TPSA) is 51.2 Å². The van der Waals surface area contributed by atoms with Crippen LogP contribution in [0.5, 0.6) is 5.75 Å². The Morgan fingerprint density at radius 1 is 1.12 bits per heavy atom. The monoisotopic (exact) mass is 384 g/mol. The molecular weight excluding hydrogens is 368 g/mol. The lowest BCUT2D eigenvalue weighted by Gasteiger charge is -2.09. The van der Waals surface area contributed by atoms with Crippen LogP contribution in [0, 0.1) is 0 Å². The Morgan fingerprint density at radius 3 is 2.83 bits per heavy atom. The van der Waals surface area contributed by atoms with Crippen molar-refractivity contribution in [2.24, 2.45) is 0 Å². The first-order valence-corrected chi connectivity index (χ1v) is 8.53. The highest BCUT2D eigenvalue weighted by molar-refractivity contribution is 9.10. The van der Waals surface area contributed by atoms with Gasteiger partial charge in [0.15, 0.2) is 0 Å². The van der Waals surface area contributed by atoms with Gasteiger partial charge in [0, 0.05) is 28.2 Å². The van der Waals surface area contributed by atoms with Crippen LogP contribution in [0.1, 0.15) is 16.8 Å². The molecule has 24 heavy (non-hydrogen) atoms. The molecule has 2 aromatic carbocycles. The molecule has 0 atom stereocenters. The van der Waals surface area contributed by atoms with E-state index in [-0.39, 0.29) is 5.91 Å². The standard InChI is InChI=1S/C19H17BrN2O2/c20-16-8-1-6-15(13-16)19(23)22-11-4-12-24-17-9-2-5-14-7-3-10-21-18(14)17/h1-3,5-10,13H,4,11-12H2,(H,22,23). The fraction of sp³-hybridized carbons (Fsp3) is 0.158. The van der Waals surface area contributed by atoms with Gasteiger partial charge in [-0.1, -0.05) is 40.2 Å². The first kappa shape index (κ1) is 16.5. The minimum absolute atomic E-state index is 0.0804. The molecular formula is C19H17BrN2O2. The van der Waals surface area contributed by atoms with Crippen LogP contribution in [0.25, 0.3) is 10.9 Å². The van der Waals surface area contributed by atoms with E-state index in [0.717, 1.165) is 27.5 Å². The number of carbonyl (C=O) groups is 1. The van der Waals surface area contributed by atoms with Crippen LogP contribution >= 0.6 is 15.9 Å². The van der Waals surface area contributed by atoms with Crippen LogP contribution in [0.2, 0.25) is 0 Å². The first-order valence-electron chi connectivity index (χ1n) is 7.74. The van der Waals surface area contributed by atoms with Gasteiger partial charge in [-0.2, -0.15) is 0 Å². The van der Waals surface area contributed by atoms with E-state index in [4.69, 9.17) is 4.74 Å². The largest absolute Gasteiger partial charge is 0.491 e. The lowest BCUT2D eigenvalue weighted by molar-refractivity contribution is 0.0951. The summed E-state index contributed by atoms with van der Waals surface area (Å²) < 4.78 is 6.70.